The van der Waals surface area contributed by atoms with Crippen LogP contribution >= 0.6 is 0 Å². The van der Waals surface area contributed by atoms with Gasteiger partial charge in [-0.25, -0.2) is 5.90 Å². The normalized spacial score (nSPS) is 28.6. The highest BCUT2D eigenvalue weighted by Gasteiger charge is 2.52. The van der Waals surface area contributed by atoms with Crippen LogP contribution in [-0.2, 0) is 47.7 Å². The summed E-state index contributed by atoms with van der Waals surface area (Å²) in [5.41, 5.74) is 0. The third-order valence-electron chi connectivity index (χ3n) is 3.08. The van der Waals surface area contributed by atoms with E-state index in [0.717, 1.165) is 20.8 Å². The van der Waals surface area contributed by atoms with Crippen LogP contribution in [0, 0.1) is 0 Å². The molecule has 0 saturated carbocycles. The first-order valence-electron chi connectivity index (χ1n) is 7.31. The summed E-state index contributed by atoms with van der Waals surface area (Å²) in [6.45, 7) is 4.19. The van der Waals surface area contributed by atoms with Crippen LogP contribution in [0.1, 0.15) is 27.7 Å². The summed E-state index contributed by atoms with van der Waals surface area (Å²) in [4.78, 5) is 49.9. The molecule has 0 amide bonds. The number of ether oxygens (including phenoxy) is 5. The monoisotopic (exact) mass is 363 g/mol. The molecular formula is C14H21NO10. The van der Waals surface area contributed by atoms with Gasteiger partial charge in [-0.05, 0) is 0 Å². The first kappa shape index (κ1) is 20.8. The Balaban J connectivity index is 3.18. The van der Waals surface area contributed by atoms with Crippen molar-refractivity contribution in [3.8, 4) is 0 Å². The third-order valence-corrected chi connectivity index (χ3v) is 3.08. The second-order valence-electron chi connectivity index (χ2n) is 5.20. The molecule has 11 nitrogen and oxygen atoms in total. The first-order valence-corrected chi connectivity index (χ1v) is 7.31. The Bertz CT molecular complexity index is 522. The Labute approximate surface area is 143 Å². The molecule has 0 aromatic carbocycles. The van der Waals surface area contributed by atoms with Gasteiger partial charge in [0.15, 0.2) is 18.3 Å². The summed E-state index contributed by atoms with van der Waals surface area (Å²) in [6.07, 6.45) is -6.23. The number of hydrogen-bond acceptors (Lipinski definition) is 11. The average molecular weight is 363 g/mol. The highest BCUT2D eigenvalue weighted by atomic mass is 16.8. The maximum atomic E-state index is 11.4. The van der Waals surface area contributed by atoms with Gasteiger partial charge in [-0.15, -0.1) is 0 Å². The maximum absolute atomic E-state index is 11.4. The van der Waals surface area contributed by atoms with E-state index >= 15 is 0 Å². The van der Waals surface area contributed by atoms with Crippen molar-refractivity contribution in [3.63, 3.8) is 0 Å². The first-order chi connectivity index (χ1) is 11.6. The van der Waals surface area contributed by atoms with Crippen LogP contribution in [0.25, 0.3) is 0 Å². The molecular weight excluding hydrogens is 342 g/mol. The fourth-order valence-electron chi connectivity index (χ4n) is 2.30. The molecule has 5 atom stereocenters. The lowest BCUT2D eigenvalue weighted by Crippen LogP contribution is -2.63. The zero-order valence-electron chi connectivity index (χ0n) is 14.3. The predicted molar refractivity (Wildman–Crippen MR) is 77.2 cm³/mol. The van der Waals surface area contributed by atoms with Crippen LogP contribution in [0.4, 0.5) is 0 Å². The predicted octanol–water partition coefficient (Wildman–Crippen LogP) is -1.04. The smallest absolute Gasteiger partial charge is 0.303 e. The summed E-state index contributed by atoms with van der Waals surface area (Å²) >= 11 is 0. The van der Waals surface area contributed by atoms with Crippen molar-refractivity contribution in [3.05, 3.63) is 0 Å². The van der Waals surface area contributed by atoms with E-state index in [4.69, 9.17) is 29.6 Å². The number of esters is 4. The molecule has 0 aromatic rings. The maximum Gasteiger partial charge on any atom is 0.303 e. The van der Waals surface area contributed by atoms with Gasteiger partial charge < -0.3 is 23.7 Å². The van der Waals surface area contributed by atoms with E-state index < -0.39 is 54.6 Å². The molecule has 1 aliphatic rings. The minimum absolute atomic E-state index is 0.336. The minimum Gasteiger partial charge on any atom is -0.463 e. The molecule has 0 spiro atoms. The standard InChI is InChI=1S/C14H21NO10/c1-6(16)20-5-10-11(21-7(2)17)12(22-8(3)18)13(23-9(4)19)14(24-10)25-15/h10-14H,5,15H2,1-4H3/t10-,11-,12+,13-,14?/m1/s1. The van der Waals surface area contributed by atoms with Gasteiger partial charge in [0, 0.05) is 27.7 Å². The van der Waals surface area contributed by atoms with Crippen molar-refractivity contribution in [2.75, 3.05) is 6.61 Å². The van der Waals surface area contributed by atoms with Crippen LogP contribution < -0.4 is 5.90 Å². The Morgan fingerprint density at radius 2 is 1.28 bits per heavy atom. The number of carbonyl (C=O) groups excluding carboxylic acids is 4. The summed E-state index contributed by atoms with van der Waals surface area (Å²) < 4.78 is 25.6. The molecule has 25 heavy (non-hydrogen) atoms. The Kier molecular flexibility index (Phi) is 7.74. The Morgan fingerprint density at radius 1 is 0.800 bits per heavy atom. The second kappa shape index (κ2) is 9.30. The Morgan fingerprint density at radius 3 is 1.72 bits per heavy atom. The minimum atomic E-state index is -1.35. The molecule has 142 valence electrons. The van der Waals surface area contributed by atoms with E-state index in [-0.39, 0.29) is 6.61 Å². The van der Waals surface area contributed by atoms with Crippen molar-refractivity contribution >= 4 is 23.9 Å². The molecule has 1 unspecified atom stereocenters. The molecule has 2 N–H and O–H groups in total. The fraction of sp³-hybridized carbons (Fsp3) is 0.714. The molecule has 0 radical (unpaired) electrons. The molecule has 1 fully saturated rings. The molecule has 1 aliphatic heterocycles. The lowest BCUT2D eigenvalue weighted by Gasteiger charge is -2.43. The van der Waals surface area contributed by atoms with Crippen molar-refractivity contribution in [1.82, 2.24) is 0 Å². The number of nitrogens with two attached hydrogens (primary N) is 1. The van der Waals surface area contributed by atoms with Crippen LogP contribution in [0.5, 0.6) is 0 Å². The van der Waals surface area contributed by atoms with Gasteiger partial charge in [0.1, 0.15) is 12.7 Å². The van der Waals surface area contributed by atoms with Gasteiger partial charge in [-0.2, -0.15) is 0 Å². The van der Waals surface area contributed by atoms with E-state index in [1.54, 1.807) is 0 Å². The van der Waals surface area contributed by atoms with Crippen molar-refractivity contribution in [1.29, 1.82) is 0 Å². The quantitative estimate of drug-likeness (QED) is 0.350. The highest BCUT2D eigenvalue weighted by Crippen LogP contribution is 2.29. The fourth-order valence-corrected chi connectivity index (χ4v) is 2.30. The van der Waals surface area contributed by atoms with Gasteiger partial charge in [-0.3, -0.25) is 24.0 Å². The SMILES string of the molecule is CC(=O)OC[C@H]1OC(ON)[C@H](OC(C)=O)[C@@H](OC(C)=O)[C@@H]1OC(C)=O. The number of hydrogen-bond donors (Lipinski definition) is 1. The average Bonchev–Trinajstić information content (AvgIpc) is 2.48. The highest BCUT2D eigenvalue weighted by molar-refractivity contribution is 5.68. The molecule has 1 saturated heterocycles. The lowest BCUT2D eigenvalue weighted by atomic mass is 9.98. The number of carbonyl (C=O) groups is 4. The van der Waals surface area contributed by atoms with E-state index in [9.17, 15) is 19.2 Å². The van der Waals surface area contributed by atoms with Crippen LogP contribution in [0.15, 0.2) is 0 Å². The van der Waals surface area contributed by atoms with Gasteiger partial charge >= 0.3 is 23.9 Å². The van der Waals surface area contributed by atoms with Gasteiger partial charge in [0.2, 0.25) is 6.29 Å². The Hall–Kier alpha value is -2.24. The summed E-state index contributed by atoms with van der Waals surface area (Å²) in [7, 11) is 0. The van der Waals surface area contributed by atoms with E-state index in [1.165, 1.54) is 6.92 Å². The van der Waals surface area contributed by atoms with Gasteiger partial charge in [0.25, 0.3) is 0 Å². The lowest BCUT2D eigenvalue weighted by molar-refractivity contribution is -0.309. The van der Waals surface area contributed by atoms with Crippen molar-refractivity contribution < 1.29 is 47.7 Å². The topological polar surface area (TPSA) is 150 Å². The molecule has 11 heteroatoms. The van der Waals surface area contributed by atoms with E-state index in [2.05, 4.69) is 4.84 Å². The van der Waals surface area contributed by atoms with Gasteiger partial charge in [0.05, 0.1) is 0 Å². The van der Waals surface area contributed by atoms with Crippen LogP contribution in [0.3, 0.4) is 0 Å². The largest absolute Gasteiger partial charge is 0.463 e. The number of rotatable bonds is 6. The zero-order valence-corrected chi connectivity index (χ0v) is 14.3. The summed E-state index contributed by atoms with van der Waals surface area (Å²) in [5.74, 6) is 2.37. The molecule has 0 aliphatic carbocycles. The third kappa shape index (κ3) is 6.29. The molecule has 1 heterocycles. The van der Waals surface area contributed by atoms with E-state index in [1.807, 2.05) is 0 Å². The van der Waals surface area contributed by atoms with Crippen LogP contribution in [0.2, 0.25) is 0 Å². The zero-order chi connectivity index (χ0) is 19.1. The van der Waals surface area contributed by atoms with Crippen LogP contribution in [-0.4, -0.2) is 61.2 Å². The molecule has 1 rings (SSSR count). The summed E-state index contributed by atoms with van der Waals surface area (Å²) in [5, 5.41) is 0. The molecule has 0 aromatic heterocycles. The summed E-state index contributed by atoms with van der Waals surface area (Å²) in [6, 6.07) is 0. The van der Waals surface area contributed by atoms with Crippen molar-refractivity contribution in [2.24, 2.45) is 5.90 Å². The molecule has 0 bridgehead atoms. The second-order valence-corrected chi connectivity index (χ2v) is 5.20. The van der Waals surface area contributed by atoms with Gasteiger partial charge in [-0.1, -0.05) is 0 Å². The van der Waals surface area contributed by atoms with Crippen molar-refractivity contribution in [2.45, 2.75) is 58.4 Å². The van der Waals surface area contributed by atoms with E-state index in [0.29, 0.717) is 0 Å².